The second-order valence-corrected chi connectivity index (χ2v) is 16.7. The van der Waals surface area contributed by atoms with Crippen molar-refractivity contribution in [3.63, 3.8) is 0 Å². The van der Waals surface area contributed by atoms with E-state index >= 15 is 0 Å². The van der Waals surface area contributed by atoms with Crippen LogP contribution in [0.2, 0.25) is 0 Å². The minimum absolute atomic E-state index is 0.0906. The number of fused-ring (bicyclic) bond motifs is 5. The highest BCUT2D eigenvalue weighted by Gasteiger charge is 2.47. The molecule has 0 atom stereocenters. The SMILES string of the molecule is OCCOc1ccc(C2(c3ccc(OCCO)c(-c4ccccc4)c3)c3ccc(-c4ccc5ccccc5c4)cc3-c3cc(-c4ccc5ccccc5c4)ccc32)cc1-c1ccccc1. The maximum Gasteiger partial charge on any atom is 0.127 e. The summed E-state index contributed by atoms with van der Waals surface area (Å²) in [6, 6.07) is 78.3. The highest BCUT2D eigenvalue weighted by atomic mass is 16.5. The smallest absolute Gasteiger partial charge is 0.127 e. The topological polar surface area (TPSA) is 58.9 Å². The van der Waals surface area contributed by atoms with Gasteiger partial charge in [0.25, 0.3) is 0 Å². The van der Waals surface area contributed by atoms with Crippen LogP contribution in [-0.2, 0) is 5.41 Å². The Morgan fingerprint density at radius 3 is 1.12 bits per heavy atom. The quantitative estimate of drug-likeness (QED) is 0.129. The third-order valence-corrected chi connectivity index (χ3v) is 13.0. The summed E-state index contributed by atoms with van der Waals surface area (Å²) in [5.74, 6) is 1.41. The molecule has 0 amide bonds. The number of hydrogen-bond acceptors (Lipinski definition) is 4. The van der Waals surface area contributed by atoms with E-state index in [2.05, 4.69) is 182 Å². The van der Waals surface area contributed by atoms with Crippen LogP contribution in [0.4, 0.5) is 0 Å². The summed E-state index contributed by atoms with van der Waals surface area (Å²) in [4.78, 5) is 0. The van der Waals surface area contributed by atoms with Gasteiger partial charge in [-0.15, -0.1) is 0 Å². The van der Waals surface area contributed by atoms with Crippen molar-refractivity contribution in [2.45, 2.75) is 5.41 Å². The standard InChI is InChI=1S/C61H46O4/c62-31-33-64-59-29-25-51(39-53(59)43-13-3-1-4-14-43)61(52-26-30-60(65-34-32-63)54(40-52)44-15-5-2-6-16-44)57-27-23-49(47-21-19-41-11-7-9-17-45(41)35-47)37-55(57)56-38-50(24-28-58(56)61)48-22-20-42-12-8-10-18-46(42)36-48/h1-30,35-40,62-63H,31-34H2. The minimum atomic E-state index is -0.813. The molecule has 0 aliphatic heterocycles. The van der Waals surface area contributed by atoms with E-state index in [1.807, 2.05) is 36.4 Å². The van der Waals surface area contributed by atoms with Crippen LogP contribution in [0.15, 0.2) is 218 Å². The maximum atomic E-state index is 9.89. The van der Waals surface area contributed by atoms with Crippen LogP contribution in [0.5, 0.6) is 11.5 Å². The predicted octanol–water partition coefficient (Wildman–Crippen LogP) is 13.8. The second-order valence-electron chi connectivity index (χ2n) is 16.7. The van der Waals surface area contributed by atoms with Crippen molar-refractivity contribution in [3.8, 4) is 67.1 Å². The Morgan fingerprint density at radius 1 is 0.308 bits per heavy atom. The molecule has 0 bridgehead atoms. The van der Waals surface area contributed by atoms with Crippen molar-refractivity contribution < 1.29 is 19.7 Å². The van der Waals surface area contributed by atoms with Crippen molar-refractivity contribution in [1.29, 1.82) is 0 Å². The lowest BCUT2D eigenvalue weighted by molar-refractivity contribution is 0.202. The third kappa shape index (κ3) is 7.14. The van der Waals surface area contributed by atoms with Gasteiger partial charge in [-0.25, -0.2) is 0 Å². The Kier molecular flexibility index (Phi) is 10.5. The van der Waals surface area contributed by atoms with Crippen LogP contribution in [0.3, 0.4) is 0 Å². The first-order chi connectivity index (χ1) is 32.1. The van der Waals surface area contributed by atoms with E-state index in [1.54, 1.807) is 0 Å². The van der Waals surface area contributed by atoms with Gasteiger partial charge in [-0.05, 0) is 137 Å². The first-order valence-corrected chi connectivity index (χ1v) is 22.3. The van der Waals surface area contributed by atoms with Crippen LogP contribution in [-0.4, -0.2) is 36.6 Å². The molecule has 10 aromatic carbocycles. The summed E-state index contributed by atoms with van der Waals surface area (Å²) in [5.41, 5.74) is 14.5. The molecule has 4 nitrogen and oxygen atoms in total. The molecule has 0 aromatic heterocycles. The zero-order valence-electron chi connectivity index (χ0n) is 35.8. The molecule has 0 heterocycles. The zero-order chi connectivity index (χ0) is 43.7. The molecule has 1 aliphatic carbocycles. The molecule has 0 spiro atoms. The van der Waals surface area contributed by atoms with E-state index in [1.165, 1.54) is 32.7 Å². The Bertz CT molecular complexity index is 3130. The molecule has 65 heavy (non-hydrogen) atoms. The molecule has 2 N–H and O–H groups in total. The van der Waals surface area contributed by atoms with Gasteiger partial charge >= 0.3 is 0 Å². The lowest BCUT2D eigenvalue weighted by atomic mass is 9.66. The summed E-state index contributed by atoms with van der Waals surface area (Å²) < 4.78 is 12.5. The predicted molar refractivity (Wildman–Crippen MR) is 266 cm³/mol. The number of aliphatic hydroxyl groups excluding tert-OH is 2. The molecule has 0 fully saturated rings. The van der Waals surface area contributed by atoms with Gasteiger partial charge in [0, 0.05) is 11.1 Å². The van der Waals surface area contributed by atoms with Crippen LogP contribution < -0.4 is 9.47 Å². The molecule has 10 aromatic rings. The Morgan fingerprint density at radius 2 is 0.692 bits per heavy atom. The highest BCUT2D eigenvalue weighted by Crippen LogP contribution is 2.59. The van der Waals surface area contributed by atoms with E-state index in [9.17, 15) is 10.2 Å². The average molecular weight is 843 g/mol. The molecule has 314 valence electrons. The van der Waals surface area contributed by atoms with Gasteiger partial charge in [-0.1, -0.05) is 170 Å². The molecule has 1 aliphatic rings. The van der Waals surface area contributed by atoms with Gasteiger partial charge in [-0.3, -0.25) is 0 Å². The average Bonchev–Trinajstić information content (AvgIpc) is 3.67. The number of hydrogen-bond donors (Lipinski definition) is 2. The van der Waals surface area contributed by atoms with Gasteiger partial charge in [0.2, 0.25) is 0 Å². The largest absolute Gasteiger partial charge is 0.491 e. The fraction of sp³-hybridized carbons (Fsp3) is 0.0820. The van der Waals surface area contributed by atoms with Crippen molar-refractivity contribution in [2.75, 3.05) is 26.4 Å². The van der Waals surface area contributed by atoms with Crippen molar-refractivity contribution >= 4 is 21.5 Å². The van der Waals surface area contributed by atoms with Gasteiger partial charge in [-0.2, -0.15) is 0 Å². The van der Waals surface area contributed by atoms with Crippen molar-refractivity contribution in [2.24, 2.45) is 0 Å². The van der Waals surface area contributed by atoms with Gasteiger partial charge < -0.3 is 19.7 Å². The van der Waals surface area contributed by atoms with E-state index in [0.717, 1.165) is 66.8 Å². The number of ether oxygens (including phenoxy) is 2. The van der Waals surface area contributed by atoms with Gasteiger partial charge in [0.05, 0.1) is 18.6 Å². The van der Waals surface area contributed by atoms with Crippen LogP contribution in [0.25, 0.3) is 77.2 Å². The molecular formula is C61H46O4. The van der Waals surface area contributed by atoms with Crippen LogP contribution >= 0.6 is 0 Å². The first kappa shape index (κ1) is 40.0. The summed E-state index contributed by atoms with van der Waals surface area (Å²) in [7, 11) is 0. The van der Waals surface area contributed by atoms with Crippen LogP contribution in [0.1, 0.15) is 22.3 Å². The maximum absolute atomic E-state index is 9.89. The molecule has 0 saturated heterocycles. The fourth-order valence-electron chi connectivity index (χ4n) is 9.99. The molecule has 11 rings (SSSR count). The van der Waals surface area contributed by atoms with E-state index in [-0.39, 0.29) is 26.4 Å². The summed E-state index contributed by atoms with van der Waals surface area (Å²) in [6.07, 6.45) is 0. The number of benzene rings is 10. The molecule has 0 unspecified atom stereocenters. The van der Waals surface area contributed by atoms with Crippen molar-refractivity contribution in [1.82, 2.24) is 0 Å². The normalized spacial score (nSPS) is 12.5. The Labute approximate surface area is 379 Å². The van der Waals surface area contributed by atoms with E-state index < -0.39 is 5.41 Å². The molecular weight excluding hydrogens is 797 g/mol. The van der Waals surface area contributed by atoms with Crippen LogP contribution in [0, 0.1) is 0 Å². The first-order valence-electron chi connectivity index (χ1n) is 22.3. The lowest BCUT2D eigenvalue weighted by Crippen LogP contribution is -2.29. The summed E-state index contributed by atoms with van der Waals surface area (Å²) >= 11 is 0. The number of rotatable bonds is 12. The second kappa shape index (κ2) is 17.1. The fourth-order valence-corrected chi connectivity index (χ4v) is 9.99. The summed E-state index contributed by atoms with van der Waals surface area (Å²) in [6.45, 7) is 0.182. The zero-order valence-corrected chi connectivity index (χ0v) is 35.8. The number of aliphatic hydroxyl groups is 2. The lowest BCUT2D eigenvalue weighted by Gasteiger charge is -2.35. The molecule has 4 heteroatoms. The molecule has 0 saturated carbocycles. The van der Waals surface area contributed by atoms with Crippen molar-refractivity contribution in [3.05, 3.63) is 241 Å². The van der Waals surface area contributed by atoms with E-state index in [0.29, 0.717) is 11.5 Å². The molecule has 0 radical (unpaired) electrons. The Balaban J connectivity index is 1.22. The highest BCUT2D eigenvalue weighted by molar-refractivity contribution is 5.95. The Hall–Kier alpha value is -7.76. The van der Waals surface area contributed by atoms with Gasteiger partial charge in [0.15, 0.2) is 0 Å². The monoisotopic (exact) mass is 842 g/mol. The summed E-state index contributed by atoms with van der Waals surface area (Å²) in [5, 5.41) is 24.6. The van der Waals surface area contributed by atoms with Gasteiger partial charge in [0.1, 0.15) is 24.7 Å². The minimum Gasteiger partial charge on any atom is -0.491 e. The third-order valence-electron chi connectivity index (χ3n) is 13.0. The van der Waals surface area contributed by atoms with E-state index in [4.69, 9.17) is 9.47 Å².